The first-order valence-electron chi connectivity index (χ1n) is 13.0. The molecule has 198 valence electrons. The van der Waals surface area contributed by atoms with Crippen LogP contribution in [-0.2, 0) is 6.61 Å². The topological polar surface area (TPSA) is 52.5 Å². The van der Waals surface area contributed by atoms with Gasteiger partial charge in [0.15, 0.2) is 11.5 Å². The molecule has 7 heteroatoms. The van der Waals surface area contributed by atoms with E-state index >= 15 is 0 Å². The Morgan fingerprint density at radius 3 is 2.51 bits per heavy atom. The molecule has 6 rings (SSSR count). The maximum absolute atomic E-state index is 6.53. The zero-order valence-corrected chi connectivity index (χ0v) is 22.6. The average Bonchev–Trinajstić information content (AvgIpc) is 3.43. The number of fused-ring (bicyclic) bond motifs is 3. The number of halogens is 1. The highest BCUT2D eigenvalue weighted by Gasteiger charge is 2.41. The van der Waals surface area contributed by atoms with Gasteiger partial charge >= 0.3 is 0 Å². The van der Waals surface area contributed by atoms with E-state index in [0.29, 0.717) is 29.7 Å². The van der Waals surface area contributed by atoms with Gasteiger partial charge in [0, 0.05) is 22.6 Å². The molecule has 0 saturated heterocycles. The predicted octanol–water partition coefficient (Wildman–Crippen LogP) is 7.57. The third-order valence-corrected chi connectivity index (χ3v) is 7.20. The molecular weight excluding hydrogens is 512 g/mol. The summed E-state index contributed by atoms with van der Waals surface area (Å²) < 4.78 is 24.0. The summed E-state index contributed by atoms with van der Waals surface area (Å²) in [5.41, 5.74) is 5.07. The van der Waals surface area contributed by atoms with Crippen molar-refractivity contribution in [1.29, 1.82) is 0 Å². The van der Waals surface area contributed by atoms with Gasteiger partial charge in [-0.3, -0.25) is 0 Å². The van der Waals surface area contributed by atoms with Gasteiger partial charge in [0.1, 0.15) is 18.1 Å². The number of hydrazone groups is 1. The van der Waals surface area contributed by atoms with E-state index in [1.807, 2.05) is 90.8 Å². The summed E-state index contributed by atoms with van der Waals surface area (Å²) >= 11 is 6.40. The lowest BCUT2D eigenvalue weighted by atomic mass is 9.96. The fourth-order valence-corrected chi connectivity index (χ4v) is 5.24. The molecule has 0 amide bonds. The molecule has 2 atom stereocenters. The SMILES string of the molecule is CCOc1ccc(C2=NN3C(C2)c2cc(Cl)ccc2OC3c2ccc(OCc3ccccc3)c(OC)c2)cc1. The minimum atomic E-state index is -0.444. The van der Waals surface area contributed by atoms with Crippen LogP contribution in [0.2, 0.25) is 5.02 Å². The van der Waals surface area contributed by atoms with Crippen molar-refractivity contribution in [3.05, 3.63) is 118 Å². The number of rotatable bonds is 8. The van der Waals surface area contributed by atoms with Gasteiger partial charge in [-0.05, 0) is 78.7 Å². The molecule has 2 unspecified atom stereocenters. The summed E-state index contributed by atoms with van der Waals surface area (Å²) in [5, 5.41) is 7.77. The fourth-order valence-electron chi connectivity index (χ4n) is 5.06. The average molecular weight is 541 g/mol. The Labute approximate surface area is 233 Å². The molecule has 0 bridgehead atoms. The highest BCUT2D eigenvalue weighted by atomic mass is 35.5. The van der Waals surface area contributed by atoms with Crippen LogP contribution >= 0.6 is 11.6 Å². The van der Waals surface area contributed by atoms with E-state index in [-0.39, 0.29) is 6.04 Å². The van der Waals surface area contributed by atoms with E-state index in [9.17, 15) is 0 Å². The van der Waals surface area contributed by atoms with Crippen LogP contribution in [0.1, 0.15) is 47.9 Å². The third kappa shape index (κ3) is 5.12. The van der Waals surface area contributed by atoms with Gasteiger partial charge in [-0.2, -0.15) is 5.10 Å². The van der Waals surface area contributed by atoms with Crippen LogP contribution in [0.15, 0.2) is 96.1 Å². The van der Waals surface area contributed by atoms with Gasteiger partial charge in [0.25, 0.3) is 0 Å². The number of hydrogen-bond donors (Lipinski definition) is 0. The number of benzene rings is 4. The van der Waals surface area contributed by atoms with Gasteiger partial charge in [-0.1, -0.05) is 41.9 Å². The molecule has 0 radical (unpaired) electrons. The molecule has 2 heterocycles. The Balaban J connectivity index is 1.32. The summed E-state index contributed by atoms with van der Waals surface area (Å²) in [6, 6.07) is 29.8. The van der Waals surface area contributed by atoms with E-state index in [2.05, 4.69) is 12.1 Å². The van der Waals surface area contributed by atoms with Crippen LogP contribution in [0.25, 0.3) is 0 Å². The maximum Gasteiger partial charge on any atom is 0.214 e. The third-order valence-electron chi connectivity index (χ3n) is 6.96. The van der Waals surface area contributed by atoms with E-state index in [4.69, 9.17) is 35.6 Å². The van der Waals surface area contributed by atoms with Crippen molar-refractivity contribution in [2.45, 2.75) is 32.2 Å². The maximum atomic E-state index is 6.53. The van der Waals surface area contributed by atoms with E-state index in [1.54, 1.807) is 7.11 Å². The molecule has 0 aromatic heterocycles. The molecule has 0 fully saturated rings. The van der Waals surface area contributed by atoms with Gasteiger partial charge in [-0.15, -0.1) is 0 Å². The summed E-state index contributed by atoms with van der Waals surface area (Å²) in [7, 11) is 1.65. The van der Waals surface area contributed by atoms with Crippen molar-refractivity contribution >= 4 is 17.3 Å². The van der Waals surface area contributed by atoms with Gasteiger partial charge in [0.05, 0.1) is 25.5 Å². The van der Waals surface area contributed by atoms with Crippen LogP contribution < -0.4 is 18.9 Å². The minimum Gasteiger partial charge on any atom is -0.494 e. The van der Waals surface area contributed by atoms with Gasteiger partial charge in [-0.25, -0.2) is 5.01 Å². The highest BCUT2D eigenvalue weighted by Crippen LogP contribution is 2.49. The quantitative estimate of drug-likeness (QED) is 0.231. The van der Waals surface area contributed by atoms with E-state index in [1.165, 1.54) is 0 Å². The second-order valence-corrected chi connectivity index (χ2v) is 9.88. The Morgan fingerprint density at radius 2 is 1.74 bits per heavy atom. The second-order valence-electron chi connectivity index (χ2n) is 9.44. The predicted molar refractivity (Wildman–Crippen MR) is 152 cm³/mol. The lowest BCUT2D eigenvalue weighted by molar-refractivity contribution is -0.0191. The molecule has 2 aliphatic heterocycles. The minimum absolute atomic E-state index is 0.0148. The molecule has 4 aromatic rings. The largest absolute Gasteiger partial charge is 0.494 e. The number of hydrogen-bond acceptors (Lipinski definition) is 6. The van der Waals surface area contributed by atoms with Gasteiger partial charge < -0.3 is 18.9 Å². The summed E-state index contributed by atoms with van der Waals surface area (Å²) in [6.07, 6.45) is 0.289. The summed E-state index contributed by atoms with van der Waals surface area (Å²) in [4.78, 5) is 0. The molecule has 39 heavy (non-hydrogen) atoms. The normalized spacial score (nSPS) is 17.5. The molecule has 0 aliphatic carbocycles. The van der Waals surface area contributed by atoms with E-state index < -0.39 is 6.23 Å². The Kier molecular flexibility index (Phi) is 7.03. The fraction of sp³-hybridized carbons (Fsp3) is 0.219. The molecule has 0 saturated carbocycles. The van der Waals surface area contributed by atoms with Crippen LogP contribution in [0.3, 0.4) is 0 Å². The number of methoxy groups -OCH3 is 1. The first-order valence-corrected chi connectivity index (χ1v) is 13.4. The molecule has 6 nitrogen and oxygen atoms in total. The van der Waals surface area contributed by atoms with Crippen molar-refractivity contribution in [3.63, 3.8) is 0 Å². The molecule has 4 aromatic carbocycles. The summed E-state index contributed by atoms with van der Waals surface area (Å²) in [6.45, 7) is 3.06. The van der Waals surface area contributed by atoms with Crippen LogP contribution in [-0.4, -0.2) is 24.4 Å². The number of ether oxygens (including phenoxy) is 4. The lowest BCUT2D eigenvalue weighted by Crippen LogP contribution is -2.33. The van der Waals surface area contributed by atoms with E-state index in [0.717, 1.165) is 45.9 Å². The zero-order valence-electron chi connectivity index (χ0n) is 21.8. The van der Waals surface area contributed by atoms with Crippen LogP contribution in [0.5, 0.6) is 23.0 Å². The Bertz CT molecular complexity index is 1490. The van der Waals surface area contributed by atoms with Crippen LogP contribution in [0, 0.1) is 0 Å². The van der Waals surface area contributed by atoms with Crippen LogP contribution in [0.4, 0.5) is 0 Å². The summed E-state index contributed by atoms with van der Waals surface area (Å²) in [5.74, 6) is 2.96. The Morgan fingerprint density at radius 1 is 0.923 bits per heavy atom. The van der Waals surface area contributed by atoms with Crippen molar-refractivity contribution in [2.75, 3.05) is 13.7 Å². The first kappa shape index (κ1) is 25.1. The first-order chi connectivity index (χ1) is 19.1. The Hall–Kier alpha value is -4.16. The lowest BCUT2D eigenvalue weighted by Gasteiger charge is -2.38. The monoisotopic (exact) mass is 540 g/mol. The van der Waals surface area contributed by atoms with Crippen molar-refractivity contribution in [2.24, 2.45) is 5.10 Å². The molecular formula is C32H29ClN2O4. The van der Waals surface area contributed by atoms with Gasteiger partial charge in [0.2, 0.25) is 6.23 Å². The molecule has 0 spiro atoms. The highest BCUT2D eigenvalue weighted by molar-refractivity contribution is 6.30. The molecule has 0 N–H and O–H groups in total. The zero-order chi connectivity index (χ0) is 26.8. The number of nitrogens with zero attached hydrogens (tertiary/aromatic N) is 2. The van der Waals surface area contributed by atoms with Crippen molar-refractivity contribution in [3.8, 4) is 23.0 Å². The standard InChI is InChI=1S/C32H29ClN2O4/c1-3-37-25-13-9-22(10-14-25)27-19-28-26-18-24(33)12-16-29(26)39-32(35(28)34-27)23-11-15-30(31(17-23)36-2)38-20-21-7-5-4-6-8-21/h4-18,28,32H,3,19-20H2,1-2H3. The second kappa shape index (κ2) is 10.9. The van der Waals surface area contributed by atoms with Crippen molar-refractivity contribution in [1.82, 2.24) is 5.01 Å². The molecule has 2 aliphatic rings. The smallest absolute Gasteiger partial charge is 0.214 e. The van der Waals surface area contributed by atoms with Crippen molar-refractivity contribution < 1.29 is 18.9 Å².